The minimum absolute atomic E-state index is 0.0502. The number of rotatable bonds is 3. The number of nitrogens with zero attached hydrogens (tertiary/aromatic N) is 1. The lowest BCUT2D eigenvalue weighted by Crippen LogP contribution is -2.36. The van der Waals surface area contributed by atoms with E-state index >= 15 is 0 Å². The van der Waals surface area contributed by atoms with E-state index in [4.69, 9.17) is 10.00 Å². The summed E-state index contributed by atoms with van der Waals surface area (Å²) in [5.41, 5.74) is 1.24. The van der Waals surface area contributed by atoms with Gasteiger partial charge in [-0.25, -0.2) is 0 Å². The van der Waals surface area contributed by atoms with Gasteiger partial charge in [-0.3, -0.25) is 0 Å². The van der Waals surface area contributed by atoms with E-state index in [1.54, 1.807) is 0 Å². The molecule has 0 aliphatic carbocycles. The van der Waals surface area contributed by atoms with Crippen LogP contribution in [-0.2, 0) is 4.74 Å². The van der Waals surface area contributed by atoms with Gasteiger partial charge in [0, 0.05) is 13.0 Å². The Balaban J connectivity index is 2.18. The van der Waals surface area contributed by atoms with Crippen molar-refractivity contribution in [2.75, 3.05) is 6.61 Å². The van der Waals surface area contributed by atoms with Gasteiger partial charge in [0.05, 0.1) is 11.7 Å². The molecule has 0 radical (unpaired) electrons. The molecule has 0 bridgehead atoms. The Kier molecular flexibility index (Phi) is 4.04. The monoisotopic (exact) mass is 243 g/mol. The van der Waals surface area contributed by atoms with Gasteiger partial charge in [0.15, 0.2) is 0 Å². The Labute approximate surface area is 110 Å². The molecule has 0 aromatic heterocycles. The molecule has 1 heterocycles. The zero-order valence-electron chi connectivity index (χ0n) is 11.2. The molecule has 1 aliphatic heterocycles. The summed E-state index contributed by atoms with van der Waals surface area (Å²) in [4.78, 5) is 0. The maximum Gasteiger partial charge on any atom is 0.0629 e. The summed E-state index contributed by atoms with van der Waals surface area (Å²) in [5, 5.41) is 9.08. The molecule has 0 saturated carbocycles. The summed E-state index contributed by atoms with van der Waals surface area (Å²) in [6.45, 7) is 5.10. The molecule has 1 aromatic rings. The van der Waals surface area contributed by atoms with Crippen molar-refractivity contribution in [3.05, 3.63) is 35.9 Å². The van der Waals surface area contributed by atoms with Crippen molar-refractivity contribution in [3.63, 3.8) is 0 Å². The van der Waals surface area contributed by atoms with Crippen LogP contribution in [0.4, 0.5) is 0 Å². The molecule has 18 heavy (non-hydrogen) atoms. The first-order valence-corrected chi connectivity index (χ1v) is 6.68. The van der Waals surface area contributed by atoms with Crippen LogP contribution >= 0.6 is 0 Å². The van der Waals surface area contributed by atoms with Gasteiger partial charge in [0.1, 0.15) is 0 Å². The zero-order valence-corrected chi connectivity index (χ0v) is 11.2. The van der Waals surface area contributed by atoms with E-state index in [2.05, 4.69) is 44.2 Å². The Hall–Kier alpha value is -1.33. The minimum Gasteiger partial charge on any atom is -0.376 e. The first-order valence-electron chi connectivity index (χ1n) is 6.68. The lowest BCUT2D eigenvalue weighted by molar-refractivity contribution is -0.0766. The summed E-state index contributed by atoms with van der Waals surface area (Å²) < 4.78 is 5.78. The van der Waals surface area contributed by atoms with Gasteiger partial charge in [0.25, 0.3) is 0 Å². The Morgan fingerprint density at radius 3 is 2.72 bits per heavy atom. The summed E-state index contributed by atoms with van der Waals surface area (Å²) in [6.07, 6.45) is 2.70. The predicted molar refractivity (Wildman–Crippen MR) is 72.2 cm³/mol. The summed E-state index contributed by atoms with van der Waals surface area (Å²) in [5.74, 6) is 0.898. The fraction of sp³-hybridized carbons (Fsp3) is 0.562. The molecule has 1 fully saturated rings. The van der Waals surface area contributed by atoms with Gasteiger partial charge in [-0.1, -0.05) is 30.3 Å². The third kappa shape index (κ3) is 3.11. The van der Waals surface area contributed by atoms with E-state index in [9.17, 15) is 0 Å². The molecule has 2 heteroatoms. The maximum absolute atomic E-state index is 9.08. The van der Waals surface area contributed by atoms with Crippen LogP contribution in [0.2, 0.25) is 0 Å². The van der Waals surface area contributed by atoms with Gasteiger partial charge in [-0.2, -0.15) is 5.26 Å². The fourth-order valence-electron chi connectivity index (χ4n) is 2.98. The highest BCUT2D eigenvalue weighted by Crippen LogP contribution is 2.39. The van der Waals surface area contributed by atoms with Gasteiger partial charge < -0.3 is 4.74 Å². The molecule has 2 nitrogen and oxygen atoms in total. The second-order valence-corrected chi connectivity index (χ2v) is 5.74. The van der Waals surface area contributed by atoms with E-state index in [-0.39, 0.29) is 5.60 Å². The van der Waals surface area contributed by atoms with Crippen molar-refractivity contribution in [2.24, 2.45) is 5.92 Å². The first kappa shape index (κ1) is 13.1. The highest BCUT2D eigenvalue weighted by Gasteiger charge is 2.33. The van der Waals surface area contributed by atoms with Crippen LogP contribution in [0.3, 0.4) is 0 Å². The quantitative estimate of drug-likeness (QED) is 0.807. The molecular formula is C16H21NO. The van der Waals surface area contributed by atoms with Crippen LogP contribution in [0.15, 0.2) is 30.3 Å². The summed E-state index contributed by atoms with van der Waals surface area (Å²) >= 11 is 0. The molecule has 0 amide bonds. The van der Waals surface area contributed by atoms with Crippen molar-refractivity contribution in [2.45, 2.75) is 44.6 Å². The molecule has 0 unspecified atom stereocenters. The molecule has 1 aliphatic rings. The second-order valence-electron chi connectivity index (χ2n) is 5.74. The number of nitriles is 1. The molecule has 0 N–H and O–H groups in total. The number of benzene rings is 1. The van der Waals surface area contributed by atoms with Crippen molar-refractivity contribution < 1.29 is 4.74 Å². The van der Waals surface area contributed by atoms with Gasteiger partial charge in [0.2, 0.25) is 0 Å². The van der Waals surface area contributed by atoms with Crippen LogP contribution in [0.25, 0.3) is 0 Å². The van der Waals surface area contributed by atoms with Gasteiger partial charge in [-0.15, -0.1) is 0 Å². The largest absolute Gasteiger partial charge is 0.376 e. The molecule has 2 rings (SSSR count). The highest BCUT2D eigenvalue weighted by molar-refractivity contribution is 5.22. The highest BCUT2D eigenvalue weighted by atomic mass is 16.5. The van der Waals surface area contributed by atoms with E-state index in [0.717, 1.165) is 19.4 Å². The minimum atomic E-state index is -0.0502. The number of ether oxygens (including phenoxy) is 1. The fourth-order valence-corrected chi connectivity index (χ4v) is 2.98. The van der Waals surface area contributed by atoms with E-state index in [1.807, 2.05) is 6.07 Å². The third-order valence-corrected chi connectivity index (χ3v) is 3.84. The molecule has 96 valence electrons. The van der Waals surface area contributed by atoms with Gasteiger partial charge in [-0.05, 0) is 44.1 Å². The Morgan fingerprint density at radius 2 is 2.11 bits per heavy atom. The molecular weight excluding hydrogens is 222 g/mol. The lowest BCUT2D eigenvalue weighted by Gasteiger charge is -2.39. The number of hydrogen-bond acceptors (Lipinski definition) is 2. The van der Waals surface area contributed by atoms with Gasteiger partial charge >= 0.3 is 0 Å². The average molecular weight is 243 g/mol. The van der Waals surface area contributed by atoms with E-state index in [1.165, 1.54) is 5.56 Å². The van der Waals surface area contributed by atoms with E-state index < -0.39 is 0 Å². The maximum atomic E-state index is 9.08. The van der Waals surface area contributed by atoms with Crippen LogP contribution in [0.1, 0.15) is 44.6 Å². The van der Waals surface area contributed by atoms with Crippen LogP contribution < -0.4 is 0 Å². The van der Waals surface area contributed by atoms with Crippen LogP contribution in [0, 0.1) is 17.2 Å². The molecule has 1 saturated heterocycles. The Morgan fingerprint density at radius 1 is 1.39 bits per heavy atom. The van der Waals surface area contributed by atoms with E-state index in [0.29, 0.717) is 18.3 Å². The SMILES string of the molecule is CC1(C)C[C@H]([C@@H](CC#N)c2ccccc2)CCO1. The standard InChI is InChI=1S/C16H21NO/c1-16(2)12-14(9-11-18-16)15(8-10-17)13-6-4-3-5-7-13/h3-7,14-15H,8-9,11-12H2,1-2H3/t14-,15+/m1/s1. The topological polar surface area (TPSA) is 33.0 Å². The zero-order chi connectivity index (χ0) is 13.0. The first-order chi connectivity index (χ1) is 8.62. The van der Waals surface area contributed by atoms with Crippen LogP contribution in [-0.4, -0.2) is 12.2 Å². The Bertz CT molecular complexity index is 418. The number of hydrogen-bond donors (Lipinski definition) is 0. The smallest absolute Gasteiger partial charge is 0.0629 e. The third-order valence-electron chi connectivity index (χ3n) is 3.84. The normalized spacial score (nSPS) is 24.2. The van der Waals surface area contributed by atoms with Crippen molar-refractivity contribution in [1.82, 2.24) is 0 Å². The lowest BCUT2D eigenvalue weighted by atomic mass is 9.75. The van der Waals surface area contributed by atoms with Crippen molar-refractivity contribution in [3.8, 4) is 6.07 Å². The van der Waals surface area contributed by atoms with Crippen LogP contribution in [0.5, 0.6) is 0 Å². The second kappa shape index (κ2) is 5.54. The predicted octanol–water partition coefficient (Wildman–Crippen LogP) is 3.89. The van der Waals surface area contributed by atoms with Crippen molar-refractivity contribution >= 4 is 0 Å². The molecule has 1 aromatic carbocycles. The molecule has 0 spiro atoms. The summed E-state index contributed by atoms with van der Waals surface area (Å²) in [7, 11) is 0. The molecule has 2 atom stereocenters. The summed E-state index contributed by atoms with van der Waals surface area (Å²) in [6, 6.07) is 12.8. The van der Waals surface area contributed by atoms with Crippen molar-refractivity contribution in [1.29, 1.82) is 5.26 Å². The average Bonchev–Trinajstić information content (AvgIpc) is 2.36.